The van der Waals surface area contributed by atoms with E-state index in [0.29, 0.717) is 16.8 Å². The lowest BCUT2D eigenvalue weighted by molar-refractivity contribution is 0.0593. The van der Waals surface area contributed by atoms with Crippen LogP contribution in [-0.4, -0.2) is 46.2 Å². The minimum atomic E-state index is -0.580. The fraction of sp³-hybridized carbons (Fsp3) is 0.217. The first-order valence-corrected chi connectivity index (χ1v) is 9.56. The summed E-state index contributed by atoms with van der Waals surface area (Å²) in [5, 5.41) is 0. The Balaban J connectivity index is 1.93. The number of nitrogens with one attached hydrogen (secondary N) is 1. The van der Waals surface area contributed by atoms with Crippen molar-refractivity contribution in [1.82, 2.24) is 14.9 Å². The predicted octanol–water partition coefficient (Wildman–Crippen LogP) is 3.48. The summed E-state index contributed by atoms with van der Waals surface area (Å²) in [6.07, 6.45) is 3.18. The van der Waals surface area contributed by atoms with Gasteiger partial charge in [0.05, 0.1) is 13.7 Å². The normalized spacial score (nSPS) is 10.6. The SMILES string of the molecule is COC(=O)c1[nH]c(C)c(C(=O)CN(Cc2ccncc2)C(=O)c2cccc(F)c2)c1C. The van der Waals surface area contributed by atoms with Crippen LogP contribution in [0.2, 0.25) is 0 Å². The molecule has 160 valence electrons. The number of nitrogens with zero attached hydrogens (tertiary/aromatic N) is 2. The summed E-state index contributed by atoms with van der Waals surface area (Å²) < 4.78 is 18.4. The molecule has 3 rings (SSSR count). The summed E-state index contributed by atoms with van der Waals surface area (Å²) >= 11 is 0. The number of aromatic amines is 1. The number of halogens is 1. The van der Waals surface area contributed by atoms with Gasteiger partial charge in [0.25, 0.3) is 5.91 Å². The second-order valence-corrected chi connectivity index (χ2v) is 7.07. The molecule has 0 unspecified atom stereocenters. The third-order valence-electron chi connectivity index (χ3n) is 4.92. The average Bonchev–Trinajstić information content (AvgIpc) is 3.06. The number of aromatic nitrogens is 2. The predicted molar refractivity (Wildman–Crippen MR) is 111 cm³/mol. The lowest BCUT2D eigenvalue weighted by Crippen LogP contribution is -2.35. The van der Waals surface area contributed by atoms with E-state index in [4.69, 9.17) is 4.74 Å². The third-order valence-corrected chi connectivity index (χ3v) is 4.92. The number of amides is 1. The molecule has 0 atom stereocenters. The van der Waals surface area contributed by atoms with Crippen molar-refractivity contribution in [3.05, 3.63) is 88.3 Å². The van der Waals surface area contributed by atoms with Gasteiger partial charge in [-0.1, -0.05) is 6.07 Å². The smallest absolute Gasteiger partial charge is 0.354 e. The van der Waals surface area contributed by atoms with Crippen molar-refractivity contribution in [2.75, 3.05) is 13.7 Å². The number of Topliss-reactive ketones (excluding diaryl/α,β-unsaturated/α-hetero) is 1. The van der Waals surface area contributed by atoms with Crippen LogP contribution in [-0.2, 0) is 11.3 Å². The van der Waals surface area contributed by atoms with Gasteiger partial charge >= 0.3 is 5.97 Å². The standard InChI is InChI=1S/C23H22FN3O4/c1-14-20(15(2)26-21(14)23(30)31-3)19(28)13-27(12-16-7-9-25-10-8-16)22(29)17-5-4-6-18(24)11-17/h4-11,26H,12-13H2,1-3H3. The van der Waals surface area contributed by atoms with E-state index < -0.39 is 17.7 Å². The van der Waals surface area contributed by atoms with Crippen molar-refractivity contribution in [3.63, 3.8) is 0 Å². The molecular formula is C23H22FN3O4. The van der Waals surface area contributed by atoms with Gasteiger partial charge in [-0.25, -0.2) is 9.18 Å². The van der Waals surface area contributed by atoms with Gasteiger partial charge in [0, 0.05) is 35.8 Å². The van der Waals surface area contributed by atoms with E-state index in [1.165, 1.54) is 30.2 Å². The molecule has 2 heterocycles. The number of carbonyl (C=O) groups is 3. The number of ketones is 1. The average molecular weight is 423 g/mol. The van der Waals surface area contributed by atoms with E-state index in [1.807, 2.05) is 0 Å². The van der Waals surface area contributed by atoms with E-state index in [0.717, 1.165) is 11.6 Å². The van der Waals surface area contributed by atoms with Crippen molar-refractivity contribution >= 4 is 17.7 Å². The largest absolute Gasteiger partial charge is 0.464 e. The zero-order chi connectivity index (χ0) is 22.5. The van der Waals surface area contributed by atoms with Crippen LogP contribution in [0.5, 0.6) is 0 Å². The Bertz CT molecular complexity index is 1130. The van der Waals surface area contributed by atoms with Crippen molar-refractivity contribution in [2.45, 2.75) is 20.4 Å². The molecular weight excluding hydrogens is 401 g/mol. The molecule has 0 saturated heterocycles. The van der Waals surface area contributed by atoms with Crippen LogP contribution in [0.3, 0.4) is 0 Å². The highest BCUT2D eigenvalue weighted by Crippen LogP contribution is 2.21. The number of hydrogen-bond donors (Lipinski definition) is 1. The number of ether oxygens (including phenoxy) is 1. The van der Waals surface area contributed by atoms with E-state index in [1.54, 1.807) is 38.4 Å². The van der Waals surface area contributed by atoms with Gasteiger partial charge in [0.2, 0.25) is 0 Å². The van der Waals surface area contributed by atoms with Crippen LogP contribution in [0.4, 0.5) is 4.39 Å². The summed E-state index contributed by atoms with van der Waals surface area (Å²) in [6.45, 7) is 3.20. The van der Waals surface area contributed by atoms with Gasteiger partial charge in [0.15, 0.2) is 5.78 Å². The molecule has 0 saturated carbocycles. The Morgan fingerprint density at radius 2 is 1.84 bits per heavy atom. The van der Waals surface area contributed by atoms with Crippen molar-refractivity contribution < 1.29 is 23.5 Å². The van der Waals surface area contributed by atoms with E-state index in [-0.39, 0.29) is 30.1 Å². The second kappa shape index (κ2) is 9.34. The molecule has 31 heavy (non-hydrogen) atoms. The molecule has 1 amide bonds. The van der Waals surface area contributed by atoms with Gasteiger partial charge in [-0.3, -0.25) is 14.6 Å². The van der Waals surface area contributed by atoms with Crippen LogP contribution in [0, 0.1) is 19.7 Å². The minimum Gasteiger partial charge on any atom is -0.464 e. The molecule has 0 aliphatic heterocycles. The molecule has 3 aromatic rings. The van der Waals surface area contributed by atoms with Crippen LogP contribution < -0.4 is 0 Å². The Hall–Kier alpha value is -3.81. The van der Waals surface area contributed by atoms with E-state index >= 15 is 0 Å². The van der Waals surface area contributed by atoms with Crippen LogP contribution in [0.25, 0.3) is 0 Å². The monoisotopic (exact) mass is 423 g/mol. The molecule has 0 aliphatic carbocycles. The van der Waals surface area contributed by atoms with E-state index in [9.17, 15) is 18.8 Å². The molecule has 0 fully saturated rings. The molecule has 0 spiro atoms. The fourth-order valence-corrected chi connectivity index (χ4v) is 3.44. The summed E-state index contributed by atoms with van der Waals surface area (Å²) in [5.74, 6) is -1.95. The highest BCUT2D eigenvalue weighted by molar-refractivity contribution is 6.05. The van der Waals surface area contributed by atoms with Gasteiger partial charge in [-0.2, -0.15) is 0 Å². The van der Waals surface area contributed by atoms with Crippen molar-refractivity contribution in [1.29, 1.82) is 0 Å². The van der Waals surface area contributed by atoms with Gasteiger partial charge in [-0.05, 0) is 55.3 Å². The molecule has 0 bridgehead atoms. The minimum absolute atomic E-state index is 0.135. The highest BCUT2D eigenvalue weighted by Gasteiger charge is 2.26. The number of methoxy groups -OCH3 is 1. The zero-order valence-electron chi connectivity index (χ0n) is 17.4. The van der Waals surface area contributed by atoms with Crippen molar-refractivity contribution in [3.8, 4) is 0 Å². The molecule has 8 heteroatoms. The summed E-state index contributed by atoms with van der Waals surface area (Å²) in [4.78, 5) is 46.4. The number of aryl methyl sites for hydroxylation is 1. The number of hydrogen-bond acceptors (Lipinski definition) is 5. The molecule has 1 N–H and O–H groups in total. The number of carbonyl (C=O) groups excluding carboxylic acids is 3. The van der Waals surface area contributed by atoms with E-state index in [2.05, 4.69) is 9.97 Å². The first-order valence-electron chi connectivity index (χ1n) is 9.56. The van der Waals surface area contributed by atoms with Crippen LogP contribution in [0.15, 0.2) is 48.8 Å². The zero-order valence-corrected chi connectivity index (χ0v) is 17.4. The Kier molecular flexibility index (Phi) is 6.59. The van der Waals surface area contributed by atoms with Crippen LogP contribution >= 0.6 is 0 Å². The molecule has 7 nitrogen and oxygen atoms in total. The molecule has 2 aromatic heterocycles. The molecule has 0 radical (unpaired) electrons. The Labute approximate surface area is 178 Å². The molecule has 1 aromatic carbocycles. The summed E-state index contributed by atoms with van der Waals surface area (Å²) in [7, 11) is 1.26. The Morgan fingerprint density at radius 3 is 2.48 bits per heavy atom. The fourth-order valence-electron chi connectivity index (χ4n) is 3.44. The maximum Gasteiger partial charge on any atom is 0.354 e. The third kappa shape index (κ3) is 4.85. The summed E-state index contributed by atoms with van der Waals surface area (Å²) in [5.41, 5.74) is 2.39. The number of H-pyrrole nitrogens is 1. The lowest BCUT2D eigenvalue weighted by atomic mass is 10.0. The van der Waals surface area contributed by atoms with Crippen LogP contribution in [0.1, 0.15) is 48.0 Å². The lowest BCUT2D eigenvalue weighted by Gasteiger charge is -2.22. The number of pyridine rings is 1. The number of benzene rings is 1. The number of rotatable bonds is 7. The highest BCUT2D eigenvalue weighted by atomic mass is 19.1. The summed E-state index contributed by atoms with van der Waals surface area (Å²) in [6, 6.07) is 8.79. The van der Waals surface area contributed by atoms with Gasteiger partial charge in [0.1, 0.15) is 11.5 Å². The quantitative estimate of drug-likeness (QED) is 0.464. The number of esters is 1. The second-order valence-electron chi connectivity index (χ2n) is 7.07. The first-order chi connectivity index (χ1) is 14.8. The topological polar surface area (TPSA) is 92.4 Å². The maximum atomic E-state index is 13.7. The van der Waals surface area contributed by atoms with Crippen molar-refractivity contribution in [2.24, 2.45) is 0 Å². The Morgan fingerprint density at radius 1 is 1.13 bits per heavy atom. The first kappa shape index (κ1) is 21.9. The molecule has 0 aliphatic rings. The maximum absolute atomic E-state index is 13.7. The van der Waals surface area contributed by atoms with Gasteiger partial charge < -0.3 is 14.6 Å². The van der Waals surface area contributed by atoms with Gasteiger partial charge in [-0.15, -0.1) is 0 Å².